The number of aryl methyl sites for hydroxylation is 2. The summed E-state index contributed by atoms with van der Waals surface area (Å²) in [6.45, 7) is 6.54. The molecule has 5 nitrogen and oxygen atoms in total. The van der Waals surface area contributed by atoms with Crippen molar-refractivity contribution in [3.05, 3.63) is 23.0 Å². The summed E-state index contributed by atoms with van der Waals surface area (Å²) in [6, 6.07) is 4.01. The molecule has 1 rings (SSSR count). The second-order valence-electron chi connectivity index (χ2n) is 4.04. The first-order valence-electron chi connectivity index (χ1n) is 5.87. The number of rotatable bonds is 4. The highest BCUT2D eigenvalue weighted by molar-refractivity contribution is 5.81. The van der Waals surface area contributed by atoms with Crippen LogP contribution in [-0.4, -0.2) is 31.0 Å². The number of pyridine rings is 1. The summed E-state index contributed by atoms with van der Waals surface area (Å²) < 4.78 is 0. The van der Waals surface area contributed by atoms with Crippen LogP contribution in [0.1, 0.15) is 23.9 Å². The fourth-order valence-corrected chi connectivity index (χ4v) is 1.82. The number of hydrogen-bond donors (Lipinski definition) is 1. The average molecular weight is 246 g/mol. The smallest absolute Gasteiger partial charge is 0.239 e. The minimum Gasteiger partial charge on any atom is -0.361 e. The zero-order valence-electron chi connectivity index (χ0n) is 11.2. The number of carbonyl (C=O) groups is 1. The normalized spacial score (nSPS) is 9.72. The number of amides is 1. The number of nitrogens with zero attached hydrogens (tertiary/aromatic N) is 3. The molecule has 1 amide bonds. The number of nitrogens with one attached hydrogen (secondary N) is 1. The van der Waals surface area contributed by atoms with Crippen LogP contribution in [0, 0.1) is 25.2 Å². The van der Waals surface area contributed by atoms with Gasteiger partial charge in [-0.25, -0.2) is 0 Å². The SMILES string of the molecule is CCN(CC(=O)NC)c1cc(C)nc(C)c1C#N. The van der Waals surface area contributed by atoms with Crippen molar-refractivity contribution in [2.24, 2.45) is 0 Å². The monoisotopic (exact) mass is 246 g/mol. The summed E-state index contributed by atoms with van der Waals surface area (Å²) in [5.74, 6) is -0.0761. The van der Waals surface area contributed by atoms with Crippen LogP contribution in [0.15, 0.2) is 6.07 Å². The van der Waals surface area contributed by atoms with Crippen molar-refractivity contribution < 1.29 is 4.79 Å². The molecule has 0 aliphatic heterocycles. The summed E-state index contributed by atoms with van der Waals surface area (Å²) in [5.41, 5.74) is 2.85. The van der Waals surface area contributed by atoms with Gasteiger partial charge in [-0.3, -0.25) is 9.78 Å². The molecule has 1 N–H and O–H groups in total. The van der Waals surface area contributed by atoms with E-state index in [9.17, 15) is 10.1 Å². The lowest BCUT2D eigenvalue weighted by Crippen LogP contribution is -2.36. The van der Waals surface area contributed by atoms with Crippen molar-refractivity contribution in [3.8, 4) is 6.07 Å². The van der Waals surface area contributed by atoms with Gasteiger partial charge in [0.15, 0.2) is 0 Å². The Labute approximate surface area is 107 Å². The number of likely N-dealkylation sites (N-methyl/N-ethyl adjacent to an activating group) is 2. The predicted molar refractivity (Wildman–Crippen MR) is 70.4 cm³/mol. The van der Waals surface area contributed by atoms with E-state index < -0.39 is 0 Å². The van der Waals surface area contributed by atoms with Crippen molar-refractivity contribution in [1.29, 1.82) is 5.26 Å². The second kappa shape index (κ2) is 6.01. The molecule has 0 fully saturated rings. The molecule has 1 aromatic heterocycles. The third-order valence-electron chi connectivity index (χ3n) is 2.76. The molecule has 0 unspecified atom stereocenters. The summed E-state index contributed by atoms with van der Waals surface area (Å²) in [6.07, 6.45) is 0. The highest BCUT2D eigenvalue weighted by Gasteiger charge is 2.15. The molecule has 0 radical (unpaired) electrons. The zero-order valence-corrected chi connectivity index (χ0v) is 11.2. The van der Waals surface area contributed by atoms with Gasteiger partial charge < -0.3 is 10.2 Å². The number of aromatic nitrogens is 1. The Balaban J connectivity index is 3.20. The van der Waals surface area contributed by atoms with E-state index in [-0.39, 0.29) is 12.5 Å². The second-order valence-corrected chi connectivity index (χ2v) is 4.04. The van der Waals surface area contributed by atoms with Gasteiger partial charge in [0.1, 0.15) is 6.07 Å². The first kappa shape index (κ1) is 14.0. The molecule has 0 atom stereocenters. The van der Waals surface area contributed by atoms with Crippen LogP contribution in [0.25, 0.3) is 0 Å². The Morgan fingerprint density at radius 2 is 2.22 bits per heavy atom. The van der Waals surface area contributed by atoms with Crippen LogP contribution in [0.3, 0.4) is 0 Å². The molecular weight excluding hydrogens is 228 g/mol. The predicted octanol–water partition coefficient (Wildman–Crippen LogP) is 1.14. The standard InChI is InChI=1S/C13H18N4O/c1-5-17(8-13(18)15-4)12-6-9(2)16-10(3)11(12)7-14/h6H,5,8H2,1-4H3,(H,15,18). The highest BCUT2D eigenvalue weighted by atomic mass is 16.1. The van der Waals surface area contributed by atoms with Crippen molar-refractivity contribution >= 4 is 11.6 Å². The van der Waals surface area contributed by atoms with Crippen LogP contribution in [0.5, 0.6) is 0 Å². The molecule has 0 saturated carbocycles. The fourth-order valence-electron chi connectivity index (χ4n) is 1.82. The van der Waals surface area contributed by atoms with Crippen LogP contribution >= 0.6 is 0 Å². The van der Waals surface area contributed by atoms with Crippen molar-refractivity contribution in [3.63, 3.8) is 0 Å². The maximum Gasteiger partial charge on any atom is 0.239 e. The average Bonchev–Trinajstić information content (AvgIpc) is 2.34. The molecule has 0 bridgehead atoms. The van der Waals surface area contributed by atoms with Gasteiger partial charge in [-0.1, -0.05) is 0 Å². The molecule has 0 saturated heterocycles. The fraction of sp³-hybridized carbons (Fsp3) is 0.462. The molecular formula is C13H18N4O. The van der Waals surface area contributed by atoms with E-state index in [4.69, 9.17) is 0 Å². The minimum absolute atomic E-state index is 0.0761. The quantitative estimate of drug-likeness (QED) is 0.865. The van der Waals surface area contributed by atoms with E-state index in [1.807, 2.05) is 31.7 Å². The molecule has 96 valence electrons. The van der Waals surface area contributed by atoms with Gasteiger partial charge in [-0.15, -0.1) is 0 Å². The summed E-state index contributed by atoms with van der Waals surface area (Å²) >= 11 is 0. The van der Waals surface area contributed by atoms with Crippen LogP contribution in [0.2, 0.25) is 0 Å². The van der Waals surface area contributed by atoms with Crippen LogP contribution < -0.4 is 10.2 Å². The number of hydrogen-bond acceptors (Lipinski definition) is 4. The van der Waals surface area contributed by atoms with Gasteiger partial charge >= 0.3 is 0 Å². The van der Waals surface area contributed by atoms with Crippen molar-refractivity contribution in [2.75, 3.05) is 25.0 Å². The molecule has 0 aliphatic carbocycles. The molecule has 0 aliphatic rings. The molecule has 0 aromatic carbocycles. The van der Waals surface area contributed by atoms with E-state index in [2.05, 4.69) is 16.4 Å². The van der Waals surface area contributed by atoms with E-state index >= 15 is 0 Å². The van der Waals surface area contributed by atoms with E-state index in [1.165, 1.54) is 0 Å². The molecule has 1 aromatic rings. The van der Waals surface area contributed by atoms with Gasteiger partial charge in [0.25, 0.3) is 0 Å². The summed E-state index contributed by atoms with van der Waals surface area (Å²) in [5, 5.41) is 11.8. The highest BCUT2D eigenvalue weighted by Crippen LogP contribution is 2.22. The number of nitriles is 1. The van der Waals surface area contributed by atoms with Gasteiger partial charge in [0.2, 0.25) is 5.91 Å². The van der Waals surface area contributed by atoms with E-state index in [0.717, 1.165) is 11.4 Å². The maximum absolute atomic E-state index is 11.5. The Kier molecular flexibility index (Phi) is 4.67. The topological polar surface area (TPSA) is 69.0 Å². The Morgan fingerprint density at radius 3 is 2.72 bits per heavy atom. The molecule has 1 heterocycles. The Hall–Kier alpha value is -2.09. The summed E-state index contributed by atoms with van der Waals surface area (Å²) in [4.78, 5) is 17.6. The molecule has 5 heteroatoms. The van der Waals surface area contributed by atoms with Crippen LogP contribution in [-0.2, 0) is 4.79 Å². The lowest BCUT2D eigenvalue weighted by Gasteiger charge is -2.24. The van der Waals surface area contributed by atoms with E-state index in [0.29, 0.717) is 17.8 Å². The first-order chi connectivity index (χ1) is 8.53. The first-order valence-corrected chi connectivity index (χ1v) is 5.87. The molecule has 0 spiro atoms. The Bertz CT molecular complexity index is 490. The minimum atomic E-state index is -0.0761. The third-order valence-corrected chi connectivity index (χ3v) is 2.76. The van der Waals surface area contributed by atoms with E-state index in [1.54, 1.807) is 7.05 Å². The van der Waals surface area contributed by atoms with Crippen molar-refractivity contribution in [1.82, 2.24) is 10.3 Å². The van der Waals surface area contributed by atoms with Gasteiger partial charge in [-0.05, 0) is 26.8 Å². The van der Waals surface area contributed by atoms with Gasteiger partial charge in [0, 0.05) is 19.3 Å². The van der Waals surface area contributed by atoms with Gasteiger partial charge in [0.05, 0.1) is 23.5 Å². The number of carbonyl (C=O) groups excluding carboxylic acids is 1. The Morgan fingerprint density at radius 1 is 1.56 bits per heavy atom. The maximum atomic E-state index is 11.5. The number of anilines is 1. The van der Waals surface area contributed by atoms with Gasteiger partial charge in [-0.2, -0.15) is 5.26 Å². The van der Waals surface area contributed by atoms with Crippen molar-refractivity contribution in [2.45, 2.75) is 20.8 Å². The lowest BCUT2D eigenvalue weighted by molar-refractivity contribution is -0.119. The summed E-state index contributed by atoms with van der Waals surface area (Å²) in [7, 11) is 1.60. The lowest BCUT2D eigenvalue weighted by atomic mass is 10.1. The zero-order chi connectivity index (χ0) is 13.7. The largest absolute Gasteiger partial charge is 0.361 e. The van der Waals surface area contributed by atoms with Crippen LogP contribution in [0.4, 0.5) is 5.69 Å². The third kappa shape index (κ3) is 2.98. The molecule has 18 heavy (non-hydrogen) atoms.